The van der Waals surface area contributed by atoms with Crippen LogP contribution in [0, 0.1) is 23.7 Å². The van der Waals surface area contributed by atoms with Crippen LogP contribution in [0.1, 0.15) is 68.0 Å². The molecular weight excluding hydrogens is 414 g/mol. The van der Waals surface area contributed by atoms with Crippen molar-refractivity contribution in [3.05, 3.63) is 52.8 Å². The van der Waals surface area contributed by atoms with Gasteiger partial charge in [0.05, 0.1) is 30.5 Å². The third kappa shape index (κ3) is 3.91. The Morgan fingerprint density at radius 1 is 1.18 bits per heavy atom. The molecule has 0 radical (unpaired) electrons. The van der Waals surface area contributed by atoms with E-state index in [4.69, 9.17) is 14.7 Å². The Kier molecular flexibility index (Phi) is 5.53. The number of hydrogen-bond acceptors (Lipinski definition) is 5. The Balaban J connectivity index is 1.22. The number of nitrogens with zero attached hydrogens (tertiary/aromatic N) is 2. The zero-order chi connectivity index (χ0) is 22.4. The van der Waals surface area contributed by atoms with E-state index in [1.807, 2.05) is 13.0 Å². The van der Waals surface area contributed by atoms with E-state index in [0.717, 1.165) is 42.0 Å². The van der Waals surface area contributed by atoms with Gasteiger partial charge < -0.3 is 4.74 Å². The van der Waals surface area contributed by atoms with Crippen molar-refractivity contribution in [2.75, 3.05) is 6.61 Å². The van der Waals surface area contributed by atoms with Gasteiger partial charge in [0.15, 0.2) is 0 Å². The zero-order valence-electron chi connectivity index (χ0n) is 19.6. The fraction of sp³-hybridized carbons (Fsp3) is 0.630. The summed E-state index contributed by atoms with van der Waals surface area (Å²) in [7, 11) is 0. The van der Waals surface area contributed by atoms with Crippen molar-refractivity contribution in [1.82, 2.24) is 15.3 Å². The van der Waals surface area contributed by atoms with E-state index in [1.165, 1.54) is 43.2 Å². The van der Waals surface area contributed by atoms with Crippen molar-refractivity contribution in [1.29, 1.82) is 0 Å². The second-order valence-corrected chi connectivity index (χ2v) is 10.8. The maximum Gasteiger partial charge on any atom is 0.309 e. The lowest BCUT2D eigenvalue weighted by atomic mass is 9.81. The molecule has 7 rings (SSSR count). The number of fused-ring (bicyclic) bond motifs is 1. The van der Waals surface area contributed by atoms with Crippen LogP contribution in [0.4, 0.5) is 0 Å². The molecule has 4 fully saturated rings. The van der Waals surface area contributed by atoms with Crippen LogP contribution in [0.5, 0.6) is 0 Å². The molecule has 5 aliphatic rings. The summed E-state index contributed by atoms with van der Waals surface area (Å²) in [5, 5.41) is 4.98. The summed E-state index contributed by atoms with van der Waals surface area (Å²) in [6.07, 6.45) is 9.01. The van der Waals surface area contributed by atoms with Gasteiger partial charge in [-0.05, 0) is 87.2 Å². The molecule has 1 heterocycles. The van der Waals surface area contributed by atoms with Crippen LogP contribution < -0.4 is 5.48 Å². The topological polar surface area (TPSA) is 65.4 Å². The monoisotopic (exact) mass is 449 g/mol. The van der Waals surface area contributed by atoms with Gasteiger partial charge in [-0.1, -0.05) is 30.3 Å². The van der Waals surface area contributed by atoms with Crippen molar-refractivity contribution >= 4 is 5.97 Å². The van der Waals surface area contributed by atoms with Crippen molar-refractivity contribution in [2.45, 2.75) is 77.0 Å². The highest BCUT2D eigenvalue weighted by Gasteiger charge is 2.58. The number of carbonyl (C=O) groups excluding carboxylic acids is 1. The zero-order valence-corrected chi connectivity index (χ0v) is 19.6. The Morgan fingerprint density at radius 2 is 1.97 bits per heavy atom. The predicted molar refractivity (Wildman–Crippen MR) is 124 cm³/mol. The molecule has 3 atom stereocenters. The first-order valence-electron chi connectivity index (χ1n) is 12.8. The Hall–Kier alpha value is -2.18. The predicted octanol–water partition coefficient (Wildman–Crippen LogP) is 4.20. The van der Waals surface area contributed by atoms with E-state index in [1.54, 1.807) is 0 Å². The van der Waals surface area contributed by atoms with Crippen LogP contribution >= 0.6 is 0 Å². The molecule has 1 aromatic heterocycles. The summed E-state index contributed by atoms with van der Waals surface area (Å²) < 4.78 is 7.44. The van der Waals surface area contributed by atoms with Crippen molar-refractivity contribution < 1.29 is 14.4 Å². The lowest BCUT2D eigenvalue weighted by molar-refractivity contribution is -0.148. The smallest absolute Gasteiger partial charge is 0.309 e. The molecular formula is C27H35N3O3. The molecule has 0 amide bonds. The second kappa shape index (κ2) is 8.55. The lowest BCUT2D eigenvalue weighted by Gasteiger charge is -2.33. The molecule has 0 spiro atoms. The van der Waals surface area contributed by atoms with E-state index in [9.17, 15) is 4.79 Å². The summed E-state index contributed by atoms with van der Waals surface area (Å²) >= 11 is 0. The van der Waals surface area contributed by atoms with Crippen LogP contribution in [0.3, 0.4) is 0 Å². The number of hydrogen-bond donors (Lipinski definition) is 1. The van der Waals surface area contributed by atoms with E-state index in [0.29, 0.717) is 26.2 Å². The maximum absolute atomic E-state index is 12.5. The number of benzene rings is 1. The number of hydroxylamine groups is 1. The highest BCUT2D eigenvalue weighted by Crippen LogP contribution is 2.60. The quantitative estimate of drug-likeness (QED) is 0.483. The SMILES string of the molecule is CCOC(=O)C1CCc2nn(Cc3ccccc3)c(CONC34CC5CC(CC3C5)C4)c2C1. The molecule has 4 saturated carbocycles. The minimum absolute atomic E-state index is 0.0816. The number of ether oxygens (including phenoxy) is 1. The molecule has 1 N–H and O–H groups in total. The van der Waals surface area contributed by atoms with Gasteiger partial charge in [-0.2, -0.15) is 10.6 Å². The maximum atomic E-state index is 12.5. The molecule has 0 aliphatic heterocycles. The average molecular weight is 450 g/mol. The summed E-state index contributed by atoms with van der Waals surface area (Å²) in [6.45, 7) is 3.50. The highest BCUT2D eigenvalue weighted by atomic mass is 16.6. The van der Waals surface area contributed by atoms with Gasteiger partial charge in [0.2, 0.25) is 0 Å². The number of esters is 1. The van der Waals surface area contributed by atoms with Gasteiger partial charge >= 0.3 is 5.97 Å². The molecule has 33 heavy (non-hydrogen) atoms. The molecule has 1 aromatic carbocycles. The van der Waals surface area contributed by atoms with Gasteiger partial charge in [-0.15, -0.1) is 0 Å². The number of aromatic nitrogens is 2. The molecule has 3 unspecified atom stereocenters. The van der Waals surface area contributed by atoms with Crippen LogP contribution in [-0.4, -0.2) is 27.9 Å². The summed E-state index contributed by atoms with van der Waals surface area (Å²) in [5.74, 6) is 2.39. The lowest BCUT2D eigenvalue weighted by Crippen LogP contribution is -2.46. The van der Waals surface area contributed by atoms with Crippen LogP contribution in [0.15, 0.2) is 30.3 Å². The summed E-state index contributed by atoms with van der Waals surface area (Å²) in [4.78, 5) is 18.8. The van der Waals surface area contributed by atoms with Crippen LogP contribution in [0.25, 0.3) is 0 Å². The summed E-state index contributed by atoms with van der Waals surface area (Å²) in [6, 6.07) is 10.4. The number of carbonyl (C=O) groups is 1. The fourth-order valence-corrected chi connectivity index (χ4v) is 7.41. The Labute approximate surface area is 196 Å². The third-order valence-electron chi connectivity index (χ3n) is 8.70. The number of nitrogens with one attached hydrogen (secondary N) is 1. The molecule has 6 heteroatoms. The Bertz CT molecular complexity index is 1000. The summed E-state index contributed by atoms with van der Waals surface area (Å²) in [5.41, 5.74) is 8.39. The first kappa shape index (κ1) is 21.4. The number of rotatable bonds is 8. The normalized spacial score (nSPS) is 31.7. The molecule has 4 bridgehead atoms. The molecule has 6 nitrogen and oxygen atoms in total. The van der Waals surface area contributed by atoms with E-state index in [2.05, 4.69) is 34.4 Å². The van der Waals surface area contributed by atoms with E-state index in [-0.39, 0.29) is 17.4 Å². The standard InChI is InChI=1S/C27H35N3O3/c1-2-32-26(31)21-8-9-24-23(13-21)25(30(28-24)16-18-6-4-3-5-7-18)17-33-29-27-14-19-10-20(15-27)12-22(27)11-19/h3-7,19-22,29H,2,8-17H2,1H3. The van der Waals surface area contributed by atoms with Gasteiger partial charge in [0, 0.05) is 5.54 Å². The van der Waals surface area contributed by atoms with Gasteiger partial charge in [-0.3, -0.25) is 14.3 Å². The first-order chi connectivity index (χ1) is 16.1. The molecule has 5 aliphatic carbocycles. The highest BCUT2D eigenvalue weighted by molar-refractivity contribution is 5.73. The van der Waals surface area contributed by atoms with E-state index < -0.39 is 0 Å². The average Bonchev–Trinajstić information content (AvgIpc) is 3.36. The van der Waals surface area contributed by atoms with Crippen LogP contribution in [0.2, 0.25) is 0 Å². The minimum atomic E-state index is -0.0849. The van der Waals surface area contributed by atoms with Gasteiger partial charge in [0.1, 0.15) is 6.61 Å². The van der Waals surface area contributed by atoms with Crippen LogP contribution in [-0.2, 0) is 40.4 Å². The first-order valence-corrected chi connectivity index (χ1v) is 12.8. The largest absolute Gasteiger partial charge is 0.466 e. The third-order valence-corrected chi connectivity index (χ3v) is 8.70. The minimum Gasteiger partial charge on any atom is -0.466 e. The van der Waals surface area contributed by atoms with Crippen molar-refractivity contribution in [3.63, 3.8) is 0 Å². The molecule has 0 saturated heterocycles. The van der Waals surface area contributed by atoms with Crippen molar-refractivity contribution in [2.24, 2.45) is 23.7 Å². The number of aryl methyl sites for hydroxylation is 1. The van der Waals surface area contributed by atoms with Gasteiger partial charge in [-0.25, -0.2) is 0 Å². The second-order valence-electron chi connectivity index (χ2n) is 10.8. The van der Waals surface area contributed by atoms with Gasteiger partial charge in [0.25, 0.3) is 0 Å². The Morgan fingerprint density at radius 3 is 2.73 bits per heavy atom. The molecule has 2 aromatic rings. The van der Waals surface area contributed by atoms with E-state index >= 15 is 0 Å². The molecule has 176 valence electrons. The fourth-order valence-electron chi connectivity index (χ4n) is 7.41. The van der Waals surface area contributed by atoms with Crippen molar-refractivity contribution in [3.8, 4) is 0 Å².